The fourth-order valence-electron chi connectivity index (χ4n) is 1.31. The Balaban J connectivity index is 2.33. The minimum absolute atomic E-state index is 0.0198. The first kappa shape index (κ1) is 14.2. The molecular formula is C12H20N2O2S. The maximum absolute atomic E-state index is 5.72. The monoisotopic (exact) mass is 256 g/mol. The third-order valence-electron chi connectivity index (χ3n) is 2.04. The number of nitrogen functional groups attached to an aromatic ring is 1. The van der Waals surface area contributed by atoms with Gasteiger partial charge in [0, 0.05) is 12.2 Å². The van der Waals surface area contributed by atoms with Gasteiger partial charge in [0.1, 0.15) is 16.6 Å². The predicted octanol–water partition coefficient (Wildman–Crippen LogP) is 2.05. The Labute approximate surface area is 107 Å². The van der Waals surface area contributed by atoms with Crippen molar-refractivity contribution in [2.24, 2.45) is 5.73 Å². The molecular weight excluding hydrogens is 236 g/mol. The minimum atomic E-state index is 0.0198. The van der Waals surface area contributed by atoms with Gasteiger partial charge >= 0.3 is 0 Å². The van der Waals surface area contributed by atoms with E-state index in [0.717, 1.165) is 11.4 Å². The number of nitrogens with two attached hydrogens (primary N) is 2. The Hall–Kier alpha value is -0.910. The summed E-state index contributed by atoms with van der Waals surface area (Å²) in [7, 11) is 0. The van der Waals surface area contributed by atoms with Gasteiger partial charge in [-0.2, -0.15) is 0 Å². The molecule has 4 N–H and O–H groups in total. The molecule has 0 aliphatic heterocycles. The molecule has 0 aliphatic rings. The van der Waals surface area contributed by atoms with Crippen LogP contribution in [0.2, 0.25) is 0 Å². The SMILES string of the molecule is CC(OCCN)SC(C)Oc1ccc(N)cc1. The summed E-state index contributed by atoms with van der Waals surface area (Å²) in [5.74, 6) is 0.810. The van der Waals surface area contributed by atoms with E-state index in [2.05, 4.69) is 0 Å². The van der Waals surface area contributed by atoms with E-state index in [-0.39, 0.29) is 10.9 Å². The first-order chi connectivity index (χ1) is 8.11. The highest BCUT2D eigenvalue weighted by atomic mass is 32.2. The second-order valence-corrected chi connectivity index (χ2v) is 5.22. The van der Waals surface area contributed by atoms with Gasteiger partial charge in [-0.15, -0.1) is 0 Å². The van der Waals surface area contributed by atoms with Gasteiger partial charge in [0.25, 0.3) is 0 Å². The average Bonchev–Trinajstić information content (AvgIpc) is 2.29. The Kier molecular flexibility index (Phi) is 6.18. The van der Waals surface area contributed by atoms with E-state index in [1.807, 2.05) is 38.1 Å². The van der Waals surface area contributed by atoms with Gasteiger partial charge in [0.05, 0.1) is 6.61 Å². The van der Waals surface area contributed by atoms with Crippen LogP contribution in [0.15, 0.2) is 24.3 Å². The van der Waals surface area contributed by atoms with E-state index in [0.29, 0.717) is 13.2 Å². The highest BCUT2D eigenvalue weighted by Crippen LogP contribution is 2.23. The lowest BCUT2D eigenvalue weighted by Crippen LogP contribution is -2.17. The molecule has 1 aromatic rings. The second-order valence-electron chi connectivity index (χ2n) is 3.62. The maximum Gasteiger partial charge on any atom is 0.144 e. The van der Waals surface area contributed by atoms with Crippen LogP contribution in [0, 0.1) is 0 Å². The van der Waals surface area contributed by atoms with Crippen molar-refractivity contribution in [1.29, 1.82) is 0 Å². The van der Waals surface area contributed by atoms with Crippen molar-refractivity contribution in [2.45, 2.75) is 24.7 Å². The molecule has 0 saturated heterocycles. The van der Waals surface area contributed by atoms with Gasteiger partial charge in [-0.3, -0.25) is 0 Å². The van der Waals surface area contributed by atoms with Gasteiger partial charge in [0.15, 0.2) is 0 Å². The summed E-state index contributed by atoms with van der Waals surface area (Å²) in [6.07, 6.45) is 0. The van der Waals surface area contributed by atoms with Crippen LogP contribution in [0.5, 0.6) is 5.75 Å². The summed E-state index contributed by atoms with van der Waals surface area (Å²) < 4.78 is 11.2. The van der Waals surface area contributed by atoms with Crippen LogP contribution in [0.25, 0.3) is 0 Å². The second kappa shape index (κ2) is 7.42. The molecule has 0 aromatic heterocycles. The van der Waals surface area contributed by atoms with Gasteiger partial charge in [-0.25, -0.2) is 0 Å². The number of thioether (sulfide) groups is 1. The lowest BCUT2D eigenvalue weighted by atomic mass is 10.3. The third kappa shape index (κ3) is 5.81. The summed E-state index contributed by atoms with van der Waals surface area (Å²) in [5, 5.41) is 0. The van der Waals surface area contributed by atoms with Crippen molar-refractivity contribution < 1.29 is 9.47 Å². The Morgan fingerprint density at radius 1 is 1.18 bits per heavy atom. The molecule has 0 fully saturated rings. The highest BCUT2D eigenvalue weighted by molar-refractivity contribution is 8.00. The van der Waals surface area contributed by atoms with Crippen LogP contribution in [-0.2, 0) is 4.74 Å². The Morgan fingerprint density at radius 2 is 1.82 bits per heavy atom. The van der Waals surface area contributed by atoms with Crippen LogP contribution < -0.4 is 16.2 Å². The molecule has 5 heteroatoms. The number of ether oxygens (including phenoxy) is 2. The maximum atomic E-state index is 5.72. The van der Waals surface area contributed by atoms with E-state index in [1.165, 1.54) is 0 Å². The molecule has 0 bridgehead atoms. The number of hydrogen-bond acceptors (Lipinski definition) is 5. The van der Waals surface area contributed by atoms with Gasteiger partial charge in [0.2, 0.25) is 0 Å². The van der Waals surface area contributed by atoms with Crippen LogP contribution in [0.1, 0.15) is 13.8 Å². The molecule has 2 unspecified atom stereocenters. The van der Waals surface area contributed by atoms with Crippen molar-refractivity contribution >= 4 is 17.4 Å². The first-order valence-corrected chi connectivity index (χ1v) is 6.55. The van der Waals surface area contributed by atoms with Crippen molar-refractivity contribution in [3.8, 4) is 5.75 Å². The summed E-state index contributed by atoms with van der Waals surface area (Å²) in [4.78, 5) is 0. The first-order valence-electron chi connectivity index (χ1n) is 5.61. The van der Waals surface area contributed by atoms with Crippen LogP contribution in [0.4, 0.5) is 5.69 Å². The van der Waals surface area contributed by atoms with Crippen LogP contribution in [0.3, 0.4) is 0 Å². The molecule has 2 atom stereocenters. The lowest BCUT2D eigenvalue weighted by Gasteiger charge is -2.18. The molecule has 0 aliphatic carbocycles. The molecule has 0 radical (unpaired) electrons. The molecule has 0 saturated carbocycles. The molecule has 17 heavy (non-hydrogen) atoms. The fourth-order valence-corrected chi connectivity index (χ4v) is 2.19. The minimum Gasteiger partial charge on any atom is -0.480 e. The summed E-state index contributed by atoms with van der Waals surface area (Å²) >= 11 is 1.61. The molecule has 0 spiro atoms. The van der Waals surface area contributed by atoms with Crippen molar-refractivity contribution in [2.75, 3.05) is 18.9 Å². The van der Waals surface area contributed by atoms with Crippen molar-refractivity contribution in [3.05, 3.63) is 24.3 Å². The lowest BCUT2D eigenvalue weighted by molar-refractivity contribution is 0.129. The smallest absolute Gasteiger partial charge is 0.144 e. The third-order valence-corrected chi connectivity index (χ3v) is 3.03. The Morgan fingerprint density at radius 3 is 2.41 bits per heavy atom. The van der Waals surface area contributed by atoms with Crippen molar-refractivity contribution in [1.82, 2.24) is 0 Å². The summed E-state index contributed by atoms with van der Waals surface area (Å²) in [6, 6.07) is 7.36. The van der Waals surface area contributed by atoms with E-state index >= 15 is 0 Å². The summed E-state index contributed by atoms with van der Waals surface area (Å²) in [6.45, 7) is 5.09. The molecule has 1 aromatic carbocycles. The van der Waals surface area contributed by atoms with E-state index in [9.17, 15) is 0 Å². The van der Waals surface area contributed by atoms with E-state index in [4.69, 9.17) is 20.9 Å². The largest absolute Gasteiger partial charge is 0.480 e. The zero-order chi connectivity index (χ0) is 12.7. The molecule has 1 rings (SSSR count). The van der Waals surface area contributed by atoms with Crippen molar-refractivity contribution in [3.63, 3.8) is 0 Å². The number of benzene rings is 1. The molecule has 0 heterocycles. The topological polar surface area (TPSA) is 70.5 Å². The van der Waals surface area contributed by atoms with Gasteiger partial charge in [-0.1, -0.05) is 11.8 Å². The van der Waals surface area contributed by atoms with Gasteiger partial charge < -0.3 is 20.9 Å². The zero-order valence-electron chi connectivity index (χ0n) is 10.3. The number of hydrogen-bond donors (Lipinski definition) is 2. The predicted molar refractivity (Wildman–Crippen MR) is 73.0 cm³/mol. The normalized spacial score (nSPS) is 14.3. The average molecular weight is 256 g/mol. The number of anilines is 1. The quantitative estimate of drug-likeness (QED) is 0.577. The molecule has 4 nitrogen and oxygen atoms in total. The van der Waals surface area contributed by atoms with Crippen LogP contribution in [-0.4, -0.2) is 24.0 Å². The van der Waals surface area contributed by atoms with Crippen LogP contribution >= 0.6 is 11.8 Å². The number of rotatable bonds is 7. The summed E-state index contributed by atoms with van der Waals surface area (Å²) in [5.41, 5.74) is 11.8. The molecule has 96 valence electrons. The standard InChI is InChI=1S/C12H20N2O2S/c1-9(15-8-7-13)17-10(2)16-12-5-3-11(14)4-6-12/h3-6,9-10H,7-8,13-14H2,1-2H3. The van der Waals surface area contributed by atoms with Gasteiger partial charge in [-0.05, 0) is 38.1 Å². The highest BCUT2D eigenvalue weighted by Gasteiger charge is 2.10. The van der Waals surface area contributed by atoms with E-state index in [1.54, 1.807) is 11.8 Å². The Bertz CT molecular complexity index is 319. The molecule has 0 amide bonds. The fraction of sp³-hybridized carbons (Fsp3) is 0.500. The van der Waals surface area contributed by atoms with E-state index < -0.39 is 0 Å². The zero-order valence-corrected chi connectivity index (χ0v) is 11.1.